The van der Waals surface area contributed by atoms with Crippen molar-refractivity contribution in [2.75, 3.05) is 9.91 Å². The number of thioether (sulfide) groups is 2. The van der Waals surface area contributed by atoms with Crippen molar-refractivity contribution >= 4 is 57.2 Å². The highest BCUT2D eigenvalue weighted by atomic mass is 32.2. The molecule has 0 radical (unpaired) electrons. The van der Waals surface area contributed by atoms with E-state index in [9.17, 15) is 19.7 Å². The molecule has 31 heavy (non-hydrogen) atoms. The maximum Gasteiger partial charge on any atom is 0.294 e. The van der Waals surface area contributed by atoms with Crippen molar-refractivity contribution in [2.45, 2.75) is 25.1 Å². The van der Waals surface area contributed by atoms with Crippen LogP contribution in [0.15, 0.2) is 70.3 Å². The maximum atomic E-state index is 12.5. The van der Waals surface area contributed by atoms with Crippen molar-refractivity contribution in [3.63, 3.8) is 0 Å². The summed E-state index contributed by atoms with van der Waals surface area (Å²) in [6.07, 6.45) is 0. The van der Waals surface area contributed by atoms with Gasteiger partial charge < -0.3 is 4.90 Å². The third-order valence-electron chi connectivity index (χ3n) is 4.81. The fourth-order valence-corrected chi connectivity index (χ4v) is 6.46. The zero-order valence-electron chi connectivity index (χ0n) is 16.9. The average Bonchev–Trinajstić information content (AvgIpc) is 3.26. The van der Waals surface area contributed by atoms with Crippen molar-refractivity contribution in [2.24, 2.45) is 5.10 Å². The number of hydrazone groups is 1. The smallest absolute Gasteiger partial charge is 0.294 e. The fraction of sp³-hybridized carbons (Fsp3) is 0.190. The van der Waals surface area contributed by atoms with Crippen LogP contribution in [0.1, 0.15) is 20.8 Å². The Bertz CT molecular complexity index is 1160. The van der Waals surface area contributed by atoms with Crippen molar-refractivity contribution in [3.8, 4) is 0 Å². The highest BCUT2D eigenvalue weighted by molar-refractivity contribution is 8.29. The first-order chi connectivity index (χ1) is 14.8. The molecule has 158 valence electrons. The van der Waals surface area contributed by atoms with Crippen molar-refractivity contribution < 1.29 is 14.5 Å². The SMILES string of the molecule is CC(=O)C1=NN(c2ccccc2[N+](=O)[O-])[C@@]2(S1)SC(C(C)=O)=C(C)N2c1ccccc1. The summed E-state index contributed by atoms with van der Waals surface area (Å²) < 4.78 is -1.14. The van der Waals surface area contributed by atoms with Gasteiger partial charge in [0.05, 0.1) is 9.83 Å². The first-order valence-electron chi connectivity index (χ1n) is 9.34. The number of benzene rings is 2. The van der Waals surface area contributed by atoms with Crippen molar-refractivity contribution in [1.82, 2.24) is 0 Å². The molecule has 2 aromatic carbocycles. The van der Waals surface area contributed by atoms with Gasteiger partial charge in [0.25, 0.3) is 5.69 Å². The summed E-state index contributed by atoms with van der Waals surface area (Å²) in [6.45, 7) is 4.71. The van der Waals surface area contributed by atoms with Crippen molar-refractivity contribution in [3.05, 3.63) is 75.3 Å². The summed E-state index contributed by atoms with van der Waals surface area (Å²) in [5, 5.41) is 18.0. The monoisotopic (exact) mass is 454 g/mol. The van der Waals surface area contributed by atoms with Crippen LogP contribution in [0.25, 0.3) is 0 Å². The Morgan fingerprint density at radius 1 is 1.00 bits per heavy atom. The third-order valence-corrected chi connectivity index (χ3v) is 7.90. The topological polar surface area (TPSA) is 96.1 Å². The minimum absolute atomic E-state index is 0.125. The molecule has 0 amide bonds. The summed E-state index contributed by atoms with van der Waals surface area (Å²) in [6, 6.07) is 15.6. The lowest BCUT2D eigenvalue weighted by Crippen LogP contribution is -2.49. The first-order valence-corrected chi connectivity index (χ1v) is 11.0. The number of nitrogens with zero attached hydrogens (tertiary/aromatic N) is 4. The Kier molecular flexibility index (Phi) is 5.36. The molecule has 0 fully saturated rings. The largest absolute Gasteiger partial charge is 0.301 e. The van der Waals surface area contributed by atoms with E-state index in [1.807, 2.05) is 42.2 Å². The molecular formula is C21H18N4O4S2. The molecule has 0 aliphatic carbocycles. The highest BCUT2D eigenvalue weighted by Gasteiger charge is 2.58. The van der Waals surface area contributed by atoms with Crippen LogP contribution in [0.3, 0.4) is 0 Å². The summed E-state index contributed by atoms with van der Waals surface area (Å²) >= 11 is 2.42. The minimum Gasteiger partial charge on any atom is -0.301 e. The number of nitro benzene ring substituents is 1. The van der Waals surface area contributed by atoms with Gasteiger partial charge in [0.2, 0.25) is 4.33 Å². The molecule has 2 heterocycles. The summed E-state index contributed by atoms with van der Waals surface area (Å²) in [4.78, 5) is 38.5. The molecule has 0 N–H and O–H groups in total. The van der Waals surface area contributed by atoms with Crippen LogP contribution in [0.5, 0.6) is 0 Å². The quantitative estimate of drug-likeness (QED) is 0.472. The standard InChI is InChI=1S/C21H18N4O4S2/c1-13-19(14(2)26)30-21(23(13)16-9-5-4-6-10-16)24(22-20(31-21)15(3)27)17-11-7-8-12-18(17)25(28)29/h4-12H,1-3H3/t21-/m1/s1. The lowest BCUT2D eigenvalue weighted by Gasteiger charge is -2.41. The number of Topliss-reactive ketones (excluding diaryl/α,β-unsaturated/α-hetero) is 2. The van der Waals surface area contributed by atoms with Gasteiger partial charge in [0.15, 0.2) is 16.6 Å². The summed E-state index contributed by atoms with van der Waals surface area (Å²) in [5.74, 6) is -0.382. The molecule has 2 aromatic rings. The van der Waals surface area contributed by atoms with Gasteiger partial charge in [-0.2, -0.15) is 5.10 Å². The molecule has 2 aliphatic heterocycles. The summed E-state index contributed by atoms with van der Waals surface area (Å²) in [7, 11) is 0. The van der Waals surface area contributed by atoms with Gasteiger partial charge >= 0.3 is 0 Å². The number of carbonyl (C=O) groups excluding carboxylic acids is 2. The second-order valence-electron chi connectivity index (χ2n) is 6.91. The van der Waals surface area contributed by atoms with E-state index in [0.29, 0.717) is 10.6 Å². The molecule has 1 atom stereocenters. The van der Waals surface area contributed by atoms with Crippen LogP contribution in [-0.4, -0.2) is 25.9 Å². The van der Waals surface area contributed by atoms with Crippen LogP contribution < -0.4 is 9.91 Å². The average molecular weight is 455 g/mol. The molecule has 0 saturated carbocycles. The number of hydrogen-bond donors (Lipinski definition) is 0. The third kappa shape index (κ3) is 3.41. The van der Waals surface area contributed by atoms with Gasteiger partial charge in [0, 0.05) is 24.4 Å². The number of anilines is 2. The maximum absolute atomic E-state index is 12.5. The van der Waals surface area contributed by atoms with E-state index in [1.165, 1.54) is 48.4 Å². The van der Waals surface area contributed by atoms with E-state index in [-0.39, 0.29) is 28.0 Å². The fourth-order valence-electron chi connectivity index (χ4n) is 3.52. The predicted octanol–water partition coefficient (Wildman–Crippen LogP) is 4.74. The van der Waals surface area contributed by atoms with Gasteiger partial charge in [-0.05, 0) is 43.8 Å². The molecule has 0 saturated heterocycles. The molecule has 10 heteroatoms. The lowest BCUT2D eigenvalue weighted by molar-refractivity contribution is -0.384. The Morgan fingerprint density at radius 3 is 2.26 bits per heavy atom. The van der Waals surface area contributed by atoms with Crippen LogP contribution in [0.2, 0.25) is 0 Å². The van der Waals surface area contributed by atoms with E-state index in [2.05, 4.69) is 5.10 Å². The Labute approximate surface area is 187 Å². The summed E-state index contributed by atoms with van der Waals surface area (Å²) in [5.41, 5.74) is 1.57. The molecule has 0 aromatic heterocycles. The predicted molar refractivity (Wildman–Crippen MR) is 124 cm³/mol. The minimum atomic E-state index is -1.14. The second kappa shape index (κ2) is 7.86. The molecule has 8 nitrogen and oxygen atoms in total. The number of rotatable bonds is 5. The Balaban J connectivity index is 1.97. The Hall–Kier alpha value is -3.11. The molecule has 0 bridgehead atoms. The first kappa shape index (κ1) is 21.1. The highest BCUT2D eigenvalue weighted by Crippen LogP contribution is 2.60. The number of para-hydroxylation sites is 3. The number of nitro groups is 1. The second-order valence-corrected chi connectivity index (χ2v) is 9.51. The van der Waals surface area contributed by atoms with Crippen LogP contribution >= 0.6 is 23.5 Å². The van der Waals surface area contributed by atoms with E-state index in [1.54, 1.807) is 18.2 Å². The van der Waals surface area contributed by atoms with Gasteiger partial charge in [-0.15, -0.1) is 0 Å². The van der Waals surface area contributed by atoms with Crippen LogP contribution in [-0.2, 0) is 9.59 Å². The van der Waals surface area contributed by atoms with E-state index >= 15 is 0 Å². The van der Waals surface area contributed by atoms with Crippen LogP contribution in [0, 0.1) is 10.1 Å². The molecule has 1 spiro atoms. The normalized spacial score (nSPS) is 20.4. The van der Waals surface area contributed by atoms with Gasteiger partial charge in [-0.1, -0.05) is 42.1 Å². The van der Waals surface area contributed by atoms with Crippen molar-refractivity contribution in [1.29, 1.82) is 0 Å². The van der Waals surface area contributed by atoms with Crippen LogP contribution in [0.4, 0.5) is 17.1 Å². The van der Waals surface area contributed by atoms with E-state index < -0.39 is 9.25 Å². The Morgan fingerprint density at radius 2 is 1.65 bits per heavy atom. The van der Waals surface area contributed by atoms with Gasteiger partial charge in [-0.3, -0.25) is 19.7 Å². The zero-order chi connectivity index (χ0) is 22.3. The number of carbonyl (C=O) groups is 2. The molecule has 2 aliphatic rings. The lowest BCUT2D eigenvalue weighted by atomic mass is 10.2. The van der Waals surface area contributed by atoms with E-state index in [0.717, 1.165) is 5.69 Å². The van der Waals surface area contributed by atoms with Gasteiger partial charge in [-0.25, -0.2) is 5.01 Å². The number of hydrogen-bond acceptors (Lipinski definition) is 9. The number of allylic oxidation sites excluding steroid dienone is 2. The van der Waals surface area contributed by atoms with Gasteiger partial charge in [0.1, 0.15) is 5.69 Å². The number of ketones is 2. The molecular weight excluding hydrogens is 436 g/mol. The van der Waals surface area contributed by atoms with E-state index in [4.69, 9.17) is 0 Å². The zero-order valence-corrected chi connectivity index (χ0v) is 18.6. The molecule has 4 rings (SSSR count). The molecule has 0 unspecified atom stereocenters.